The summed E-state index contributed by atoms with van der Waals surface area (Å²) in [5, 5.41) is 0. The van der Waals surface area contributed by atoms with Crippen LogP contribution in [0.5, 0.6) is 0 Å². The number of carbonyl (C=O) groups excluding carboxylic acids is 1. The number of carbonyl (C=O) groups is 1. The lowest BCUT2D eigenvalue weighted by atomic mass is 9.71. The number of aryl methyl sites for hydroxylation is 1. The molecule has 1 unspecified atom stereocenters. The van der Waals surface area contributed by atoms with Gasteiger partial charge in [-0.1, -0.05) is 0 Å². The summed E-state index contributed by atoms with van der Waals surface area (Å²) in [6, 6.07) is 3.80. The largest absolute Gasteiger partial charge is 0.384 e. The zero-order valence-corrected chi connectivity index (χ0v) is 16.2. The van der Waals surface area contributed by atoms with Crippen molar-refractivity contribution in [3.63, 3.8) is 0 Å². The fourth-order valence-electron chi connectivity index (χ4n) is 4.50. The van der Waals surface area contributed by atoms with Crippen LogP contribution < -0.4 is 0 Å². The number of hydrogen-bond donors (Lipinski definition) is 0. The molecule has 2 fully saturated rings. The minimum absolute atomic E-state index is 0.0566. The molecule has 6 nitrogen and oxygen atoms in total. The maximum atomic E-state index is 12.8. The number of amides is 1. The van der Waals surface area contributed by atoms with Crippen LogP contribution in [0, 0.1) is 18.3 Å². The minimum Gasteiger partial charge on any atom is -0.384 e. The predicted octanol–water partition coefficient (Wildman–Crippen LogP) is 1.84. The van der Waals surface area contributed by atoms with Gasteiger partial charge in [-0.3, -0.25) is 9.78 Å². The maximum absolute atomic E-state index is 12.8. The fourth-order valence-corrected chi connectivity index (χ4v) is 4.50. The SMILES string of the molecule is COCCN1CC(COC)C2(CCN(C(=O)c3cc(C)ccn3)CC2)C1. The number of ether oxygens (including phenoxy) is 2. The number of methoxy groups -OCH3 is 2. The van der Waals surface area contributed by atoms with Gasteiger partial charge in [-0.15, -0.1) is 0 Å². The van der Waals surface area contributed by atoms with Gasteiger partial charge in [0.25, 0.3) is 5.91 Å². The maximum Gasteiger partial charge on any atom is 0.272 e. The van der Waals surface area contributed by atoms with Crippen molar-refractivity contribution in [3.05, 3.63) is 29.6 Å². The van der Waals surface area contributed by atoms with E-state index in [1.54, 1.807) is 20.4 Å². The molecule has 3 heterocycles. The van der Waals surface area contributed by atoms with E-state index in [-0.39, 0.29) is 11.3 Å². The predicted molar refractivity (Wildman–Crippen MR) is 100 cm³/mol. The normalized spacial score (nSPS) is 22.9. The second kappa shape index (κ2) is 8.46. The number of hydrogen-bond acceptors (Lipinski definition) is 5. The van der Waals surface area contributed by atoms with Crippen molar-refractivity contribution in [3.8, 4) is 0 Å². The van der Waals surface area contributed by atoms with Crippen molar-refractivity contribution in [2.24, 2.45) is 11.3 Å². The summed E-state index contributed by atoms with van der Waals surface area (Å²) in [5.74, 6) is 0.583. The zero-order chi connectivity index (χ0) is 18.6. The third-order valence-electron chi connectivity index (χ3n) is 6.04. The Bertz CT molecular complexity index is 614. The molecule has 1 spiro atoms. The van der Waals surface area contributed by atoms with E-state index in [4.69, 9.17) is 9.47 Å². The summed E-state index contributed by atoms with van der Waals surface area (Å²) in [6.45, 7) is 8.25. The van der Waals surface area contributed by atoms with Gasteiger partial charge < -0.3 is 19.3 Å². The van der Waals surface area contributed by atoms with Gasteiger partial charge in [-0.25, -0.2) is 0 Å². The van der Waals surface area contributed by atoms with Crippen molar-refractivity contribution >= 4 is 5.91 Å². The smallest absolute Gasteiger partial charge is 0.272 e. The molecule has 0 N–H and O–H groups in total. The molecule has 0 radical (unpaired) electrons. The van der Waals surface area contributed by atoms with Crippen LogP contribution in [0.3, 0.4) is 0 Å². The second-order valence-electron chi connectivity index (χ2n) is 7.75. The van der Waals surface area contributed by atoms with Crippen molar-refractivity contribution < 1.29 is 14.3 Å². The molecule has 0 aliphatic carbocycles. The van der Waals surface area contributed by atoms with E-state index in [2.05, 4.69) is 9.88 Å². The van der Waals surface area contributed by atoms with Gasteiger partial charge in [-0.2, -0.15) is 0 Å². The Morgan fingerprint density at radius 2 is 2.08 bits per heavy atom. The van der Waals surface area contributed by atoms with Crippen molar-refractivity contribution in [1.82, 2.24) is 14.8 Å². The molecule has 26 heavy (non-hydrogen) atoms. The Morgan fingerprint density at radius 3 is 2.73 bits per heavy atom. The highest BCUT2D eigenvalue weighted by atomic mass is 16.5. The standard InChI is InChI=1S/C20H31N3O3/c1-16-4-7-21-18(12-16)19(24)23-8-5-20(6-9-23)15-22(10-11-25-2)13-17(20)14-26-3/h4,7,12,17H,5-6,8-11,13-15H2,1-3H3. The van der Waals surface area contributed by atoms with Gasteiger partial charge in [0, 0.05) is 59.1 Å². The summed E-state index contributed by atoms with van der Waals surface area (Å²) in [6.07, 6.45) is 3.78. The molecule has 1 aromatic rings. The van der Waals surface area contributed by atoms with Crippen LogP contribution in [0.2, 0.25) is 0 Å². The van der Waals surface area contributed by atoms with E-state index in [1.807, 2.05) is 24.0 Å². The fraction of sp³-hybridized carbons (Fsp3) is 0.700. The third kappa shape index (κ3) is 4.08. The Morgan fingerprint density at radius 1 is 1.31 bits per heavy atom. The molecule has 1 aromatic heterocycles. The Kier molecular flexibility index (Phi) is 6.27. The number of aromatic nitrogens is 1. The number of piperidine rings is 1. The number of pyridine rings is 1. The van der Waals surface area contributed by atoms with E-state index in [0.29, 0.717) is 11.6 Å². The molecule has 1 amide bonds. The Hall–Kier alpha value is -1.50. The van der Waals surface area contributed by atoms with Gasteiger partial charge in [-0.05, 0) is 42.9 Å². The highest BCUT2D eigenvalue weighted by Gasteiger charge is 2.48. The first-order valence-electron chi connectivity index (χ1n) is 9.50. The summed E-state index contributed by atoms with van der Waals surface area (Å²) in [7, 11) is 3.54. The average Bonchev–Trinajstić information content (AvgIpc) is 2.97. The van der Waals surface area contributed by atoms with Gasteiger partial charge >= 0.3 is 0 Å². The molecular formula is C20H31N3O3. The van der Waals surface area contributed by atoms with E-state index >= 15 is 0 Å². The summed E-state index contributed by atoms with van der Waals surface area (Å²) in [4.78, 5) is 21.5. The molecule has 3 rings (SSSR count). The van der Waals surface area contributed by atoms with Gasteiger partial charge in [0.15, 0.2) is 0 Å². The van der Waals surface area contributed by atoms with Gasteiger partial charge in [0.1, 0.15) is 5.69 Å². The van der Waals surface area contributed by atoms with Crippen LogP contribution in [-0.2, 0) is 9.47 Å². The lowest BCUT2D eigenvalue weighted by Gasteiger charge is -2.42. The summed E-state index contributed by atoms with van der Waals surface area (Å²) < 4.78 is 10.8. The van der Waals surface area contributed by atoms with Gasteiger partial charge in [0.05, 0.1) is 13.2 Å². The Balaban J connectivity index is 1.64. The number of likely N-dealkylation sites (tertiary alicyclic amines) is 2. The van der Waals surface area contributed by atoms with Crippen molar-refractivity contribution in [2.75, 3.05) is 60.2 Å². The first kappa shape index (κ1) is 19.3. The average molecular weight is 361 g/mol. The second-order valence-corrected chi connectivity index (χ2v) is 7.75. The molecule has 1 atom stereocenters. The quantitative estimate of drug-likeness (QED) is 0.774. The molecule has 0 saturated carbocycles. The van der Waals surface area contributed by atoms with Crippen LogP contribution in [0.4, 0.5) is 0 Å². The van der Waals surface area contributed by atoms with E-state index in [1.165, 1.54) is 0 Å². The first-order valence-corrected chi connectivity index (χ1v) is 9.50. The first-order chi connectivity index (χ1) is 12.6. The molecule has 144 valence electrons. The van der Waals surface area contributed by atoms with E-state index in [0.717, 1.165) is 64.3 Å². The van der Waals surface area contributed by atoms with Crippen LogP contribution in [0.25, 0.3) is 0 Å². The molecule has 0 aromatic carbocycles. The lowest BCUT2D eigenvalue weighted by Crippen LogP contribution is -2.47. The van der Waals surface area contributed by atoms with Crippen LogP contribution in [0.1, 0.15) is 28.9 Å². The van der Waals surface area contributed by atoms with Gasteiger partial charge in [0.2, 0.25) is 0 Å². The summed E-state index contributed by atoms with van der Waals surface area (Å²) in [5.41, 5.74) is 1.88. The highest BCUT2D eigenvalue weighted by molar-refractivity contribution is 5.92. The number of rotatable bonds is 6. The summed E-state index contributed by atoms with van der Waals surface area (Å²) >= 11 is 0. The van der Waals surface area contributed by atoms with E-state index < -0.39 is 0 Å². The zero-order valence-electron chi connectivity index (χ0n) is 16.2. The highest BCUT2D eigenvalue weighted by Crippen LogP contribution is 2.44. The molecule has 2 saturated heterocycles. The topological polar surface area (TPSA) is 54.9 Å². The molecular weight excluding hydrogens is 330 g/mol. The molecule has 2 aliphatic heterocycles. The lowest BCUT2D eigenvalue weighted by molar-refractivity contribution is 0.0318. The number of nitrogens with zero attached hydrogens (tertiary/aromatic N) is 3. The monoisotopic (exact) mass is 361 g/mol. The minimum atomic E-state index is 0.0566. The molecule has 0 bridgehead atoms. The van der Waals surface area contributed by atoms with E-state index in [9.17, 15) is 4.79 Å². The van der Waals surface area contributed by atoms with Crippen LogP contribution in [-0.4, -0.2) is 80.8 Å². The van der Waals surface area contributed by atoms with Crippen molar-refractivity contribution in [1.29, 1.82) is 0 Å². The molecule has 6 heteroatoms. The van der Waals surface area contributed by atoms with Crippen molar-refractivity contribution in [2.45, 2.75) is 19.8 Å². The molecule has 2 aliphatic rings. The van der Waals surface area contributed by atoms with Crippen LogP contribution in [0.15, 0.2) is 18.3 Å². The third-order valence-corrected chi connectivity index (χ3v) is 6.04. The van der Waals surface area contributed by atoms with Crippen LogP contribution >= 0.6 is 0 Å². The Labute approximate surface area is 156 Å².